The highest BCUT2D eigenvalue weighted by molar-refractivity contribution is 7.44. The summed E-state index contributed by atoms with van der Waals surface area (Å²) in [6.07, 6.45) is 11.7. The molecule has 2 nitrogen and oxygen atoms in total. The summed E-state index contributed by atoms with van der Waals surface area (Å²) in [5.74, 6) is 0. The molecule has 0 rings (SSSR count). The Morgan fingerprint density at radius 1 is 0.667 bits per heavy atom. The molecule has 0 aromatic heterocycles. The summed E-state index contributed by atoms with van der Waals surface area (Å²) >= 11 is 12.2. The van der Waals surface area contributed by atoms with E-state index in [2.05, 4.69) is 0 Å². The lowest BCUT2D eigenvalue weighted by Gasteiger charge is -2.09. The Morgan fingerprint density at radius 2 is 1.14 bits per heavy atom. The molecule has 0 bridgehead atoms. The Balaban J connectivity index is 3.00. The molecule has 0 atom stereocenters. The maximum absolute atomic E-state index is 6.08. The van der Waals surface area contributed by atoms with E-state index in [-0.39, 0.29) is 0 Å². The lowest BCUT2D eigenvalue weighted by molar-refractivity contribution is 0.0512. The van der Waals surface area contributed by atoms with Crippen molar-refractivity contribution in [2.24, 2.45) is 0 Å². The van der Waals surface area contributed by atoms with Gasteiger partial charge >= 0.3 is 0 Å². The van der Waals surface area contributed by atoms with Crippen LogP contribution in [-0.4, -0.2) is 33.1 Å². The van der Waals surface area contributed by atoms with Crippen LogP contribution in [0.3, 0.4) is 0 Å². The summed E-state index contributed by atoms with van der Waals surface area (Å²) < 4.78 is 10.7. The van der Waals surface area contributed by atoms with Crippen LogP contribution in [0.25, 0.3) is 0 Å². The number of rotatable bonds is 16. The number of halogens is 2. The Hall–Kier alpha value is 0.717. The zero-order valence-corrected chi connectivity index (χ0v) is 16.5. The third-order valence-electron chi connectivity index (χ3n) is 3.48. The molecular weight excluding hydrogens is 323 g/mol. The molecule has 0 unspecified atom stereocenters. The maximum atomic E-state index is 6.08. The summed E-state index contributed by atoms with van der Waals surface area (Å²) in [4.78, 5) is 0. The van der Waals surface area contributed by atoms with Gasteiger partial charge in [0.05, 0.1) is 13.2 Å². The molecule has 0 radical (unpaired) electrons. The van der Waals surface area contributed by atoms with Crippen LogP contribution >= 0.6 is 22.2 Å². The van der Waals surface area contributed by atoms with Gasteiger partial charge in [0, 0.05) is 13.2 Å². The highest BCUT2D eigenvalue weighted by atomic mass is 35.7. The second kappa shape index (κ2) is 15.6. The van der Waals surface area contributed by atoms with Gasteiger partial charge in [-0.3, -0.25) is 0 Å². The van der Waals surface area contributed by atoms with E-state index in [1.807, 2.05) is 13.5 Å². The third kappa shape index (κ3) is 20.7. The van der Waals surface area contributed by atoms with Gasteiger partial charge in [-0.05, 0) is 25.9 Å². The van der Waals surface area contributed by atoms with Crippen molar-refractivity contribution >= 4 is 28.9 Å². The zero-order chi connectivity index (χ0) is 15.8. The van der Waals surface area contributed by atoms with Crippen molar-refractivity contribution in [3.8, 4) is 0 Å². The molecule has 0 saturated carbocycles. The van der Waals surface area contributed by atoms with Gasteiger partial charge < -0.3 is 9.47 Å². The van der Waals surface area contributed by atoms with Gasteiger partial charge in [0.2, 0.25) is 6.69 Å². The third-order valence-corrected chi connectivity index (χ3v) is 5.85. The number of hydrogen-bond acceptors (Lipinski definition) is 2. The molecule has 0 aromatic carbocycles. The van der Waals surface area contributed by atoms with Crippen molar-refractivity contribution in [3.05, 3.63) is 0 Å². The first kappa shape index (κ1) is 21.7. The Labute approximate surface area is 142 Å². The predicted octanol–water partition coefficient (Wildman–Crippen LogP) is 6.10. The summed E-state index contributed by atoms with van der Waals surface area (Å²) in [5, 5.41) is 0. The Bertz CT molecular complexity index is 211. The van der Waals surface area contributed by atoms with Crippen LogP contribution in [0, 0.1) is 0 Å². The molecule has 0 aliphatic carbocycles. The van der Waals surface area contributed by atoms with E-state index < -0.39 is 6.69 Å². The number of unbranched alkanes of at least 4 members (excludes halogenated alkanes) is 8. The first-order valence-electron chi connectivity index (χ1n) is 8.59. The van der Waals surface area contributed by atoms with E-state index in [0.29, 0.717) is 0 Å². The van der Waals surface area contributed by atoms with Crippen molar-refractivity contribution in [3.63, 3.8) is 0 Å². The lowest BCUT2D eigenvalue weighted by atomic mass is 10.1. The predicted molar refractivity (Wildman–Crippen MR) is 97.0 cm³/mol. The van der Waals surface area contributed by atoms with E-state index in [1.54, 1.807) is 0 Å². The van der Waals surface area contributed by atoms with Gasteiger partial charge in [0.25, 0.3) is 0 Å². The van der Waals surface area contributed by atoms with Gasteiger partial charge in [-0.2, -0.15) is 0 Å². The highest BCUT2D eigenvalue weighted by Crippen LogP contribution is 2.23. The highest BCUT2D eigenvalue weighted by Gasteiger charge is 2.19. The molecule has 0 spiro atoms. The average molecular weight is 357 g/mol. The minimum absolute atomic E-state index is 0.728. The molecule has 0 aromatic rings. The minimum atomic E-state index is -1.84. The van der Waals surface area contributed by atoms with Crippen molar-refractivity contribution < 1.29 is 9.47 Å². The normalized spacial score (nSPS) is 12.0. The van der Waals surface area contributed by atoms with Crippen molar-refractivity contribution in [1.82, 2.24) is 0 Å². The van der Waals surface area contributed by atoms with Crippen LogP contribution < -0.4 is 0 Å². The standard InChI is InChI=1S/C16H34Cl2O2Si/c1-3-19-14-15-20-13-11-9-7-5-4-6-8-10-12-16-21(2,17)18/h3-16H2,1-2H3. The zero-order valence-electron chi connectivity index (χ0n) is 14.0. The summed E-state index contributed by atoms with van der Waals surface area (Å²) in [6.45, 7) is 5.31. The fourth-order valence-electron chi connectivity index (χ4n) is 2.24. The quantitative estimate of drug-likeness (QED) is 0.189. The molecule has 0 N–H and O–H groups in total. The Kier molecular flexibility index (Phi) is 16.1. The molecule has 0 aliphatic rings. The average Bonchev–Trinajstić information content (AvgIpc) is 2.42. The van der Waals surface area contributed by atoms with Gasteiger partial charge in [-0.1, -0.05) is 51.4 Å². The molecular formula is C16H34Cl2O2Si. The largest absolute Gasteiger partial charge is 0.379 e. The van der Waals surface area contributed by atoms with Crippen molar-refractivity contribution in [2.75, 3.05) is 26.4 Å². The molecule has 0 amide bonds. The van der Waals surface area contributed by atoms with Gasteiger partial charge in [0.15, 0.2) is 0 Å². The van der Waals surface area contributed by atoms with E-state index in [4.69, 9.17) is 31.6 Å². The molecule has 0 aliphatic heterocycles. The molecule has 128 valence electrons. The van der Waals surface area contributed by atoms with Crippen LogP contribution in [0.5, 0.6) is 0 Å². The SMILES string of the molecule is CCOCCOCCCCCCCCCCC[Si](C)(Cl)Cl. The summed E-state index contributed by atoms with van der Waals surface area (Å²) in [7, 11) is 0. The van der Waals surface area contributed by atoms with Gasteiger partial charge in [-0.15, -0.1) is 22.2 Å². The molecule has 0 fully saturated rings. The molecule has 21 heavy (non-hydrogen) atoms. The van der Waals surface area contributed by atoms with E-state index in [0.717, 1.165) is 32.5 Å². The van der Waals surface area contributed by atoms with Crippen LogP contribution in [0.1, 0.15) is 64.7 Å². The van der Waals surface area contributed by atoms with E-state index in [9.17, 15) is 0 Å². The maximum Gasteiger partial charge on any atom is 0.248 e. The Morgan fingerprint density at radius 3 is 1.67 bits per heavy atom. The van der Waals surface area contributed by atoms with Crippen molar-refractivity contribution in [2.45, 2.75) is 77.3 Å². The first-order chi connectivity index (χ1) is 10.1. The van der Waals surface area contributed by atoms with Gasteiger partial charge in [-0.25, -0.2) is 0 Å². The minimum Gasteiger partial charge on any atom is -0.379 e. The molecule has 0 heterocycles. The van der Waals surface area contributed by atoms with Crippen LogP contribution in [0.2, 0.25) is 12.6 Å². The van der Waals surface area contributed by atoms with Gasteiger partial charge in [0.1, 0.15) is 0 Å². The van der Waals surface area contributed by atoms with Crippen molar-refractivity contribution in [1.29, 1.82) is 0 Å². The summed E-state index contributed by atoms with van der Waals surface area (Å²) in [6, 6.07) is 1.04. The smallest absolute Gasteiger partial charge is 0.248 e. The van der Waals surface area contributed by atoms with Crippen LogP contribution in [-0.2, 0) is 9.47 Å². The second-order valence-electron chi connectivity index (χ2n) is 5.81. The summed E-state index contributed by atoms with van der Waals surface area (Å²) in [5.41, 5.74) is 0. The fraction of sp³-hybridized carbons (Fsp3) is 1.00. The molecule has 5 heteroatoms. The van der Waals surface area contributed by atoms with Crippen LogP contribution in [0.4, 0.5) is 0 Å². The van der Waals surface area contributed by atoms with E-state index >= 15 is 0 Å². The number of ether oxygens (including phenoxy) is 2. The lowest BCUT2D eigenvalue weighted by Crippen LogP contribution is -2.11. The molecule has 0 saturated heterocycles. The second-order valence-corrected chi connectivity index (χ2v) is 14.0. The fourth-order valence-corrected chi connectivity index (χ4v) is 3.91. The van der Waals surface area contributed by atoms with E-state index in [1.165, 1.54) is 57.8 Å². The first-order valence-corrected chi connectivity index (χ1v) is 13.3. The monoisotopic (exact) mass is 356 g/mol. The number of hydrogen-bond donors (Lipinski definition) is 0. The topological polar surface area (TPSA) is 18.5 Å². The van der Waals surface area contributed by atoms with Crippen LogP contribution in [0.15, 0.2) is 0 Å².